The van der Waals surface area contributed by atoms with Gasteiger partial charge in [-0.2, -0.15) is 0 Å². The van der Waals surface area contributed by atoms with Crippen LogP contribution >= 0.6 is 11.3 Å². The fraction of sp³-hybridized carbons (Fsp3) is 0.154. The summed E-state index contributed by atoms with van der Waals surface area (Å²) in [6.45, 7) is 0. The van der Waals surface area contributed by atoms with Gasteiger partial charge >= 0.3 is 5.97 Å². The highest BCUT2D eigenvalue weighted by Crippen LogP contribution is 2.39. The van der Waals surface area contributed by atoms with Crippen molar-refractivity contribution in [1.29, 1.82) is 0 Å². The minimum atomic E-state index is -0.914. The molecule has 1 aliphatic carbocycles. The SMILES string of the molecule is O=C(O)c1cc2c(s1)-c1cc(F)ccc1CC2. The van der Waals surface area contributed by atoms with Gasteiger partial charge in [0.15, 0.2) is 0 Å². The number of benzene rings is 1. The van der Waals surface area contributed by atoms with Crippen molar-refractivity contribution >= 4 is 17.3 Å². The molecule has 1 aliphatic rings. The van der Waals surface area contributed by atoms with Gasteiger partial charge in [0.25, 0.3) is 0 Å². The number of aromatic carboxylic acids is 1. The van der Waals surface area contributed by atoms with E-state index in [0.717, 1.165) is 34.4 Å². The van der Waals surface area contributed by atoms with E-state index in [2.05, 4.69) is 0 Å². The number of aryl methyl sites for hydroxylation is 2. The molecule has 2 nitrogen and oxygen atoms in total. The van der Waals surface area contributed by atoms with E-state index >= 15 is 0 Å². The summed E-state index contributed by atoms with van der Waals surface area (Å²) < 4.78 is 13.2. The summed E-state index contributed by atoms with van der Waals surface area (Å²) in [6, 6.07) is 6.44. The molecule has 0 bridgehead atoms. The van der Waals surface area contributed by atoms with Gasteiger partial charge in [0.2, 0.25) is 0 Å². The molecule has 1 heterocycles. The smallest absolute Gasteiger partial charge is 0.345 e. The first kappa shape index (κ1) is 10.5. The number of carboxylic acid groups (broad SMARTS) is 1. The Morgan fingerprint density at radius 2 is 2.00 bits per heavy atom. The zero-order chi connectivity index (χ0) is 12.0. The van der Waals surface area contributed by atoms with Gasteiger partial charge in [0.05, 0.1) is 0 Å². The first-order valence-electron chi connectivity index (χ1n) is 5.30. The molecule has 1 N–H and O–H groups in total. The summed E-state index contributed by atoms with van der Waals surface area (Å²) in [6.07, 6.45) is 1.68. The predicted molar refractivity (Wildman–Crippen MR) is 64.1 cm³/mol. The average Bonchev–Trinajstić information content (AvgIpc) is 2.73. The second kappa shape index (κ2) is 3.67. The minimum absolute atomic E-state index is 0.276. The molecule has 0 radical (unpaired) electrons. The molecule has 0 atom stereocenters. The van der Waals surface area contributed by atoms with Gasteiger partial charge in [-0.15, -0.1) is 11.3 Å². The van der Waals surface area contributed by atoms with Crippen LogP contribution in [0.1, 0.15) is 20.8 Å². The average molecular weight is 248 g/mol. The van der Waals surface area contributed by atoms with E-state index in [1.807, 2.05) is 0 Å². The minimum Gasteiger partial charge on any atom is -0.477 e. The van der Waals surface area contributed by atoms with E-state index in [1.165, 1.54) is 23.5 Å². The Morgan fingerprint density at radius 1 is 1.24 bits per heavy atom. The first-order valence-corrected chi connectivity index (χ1v) is 6.11. The normalized spacial score (nSPS) is 13.0. The summed E-state index contributed by atoms with van der Waals surface area (Å²) in [5, 5.41) is 8.97. The Bertz CT molecular complexity index is 616. The van der Waals surface area contributed by atoms with Gasteiger partial charge in [0.1, 0.15) is 10.7 Å². The number of thiophene rings is 1. The van der Waals surface area contributed by atoms with Gasteiger partial charge in [-0.25, -0.2) is 9.18 Å². The molecular weight excluding hydrogens is 239 g/mol. The molecule has 0 unspecified atom stereocenters. The van der Waals surface area contributed by atoms with Crippen LogP contribution in [0.2, 0.25) is 0 Å². The van der Waals surface area contributed by atoms with Crippen LogP contribution in [0.4, 0.5) is 4.39 Å². The lowest BCUT2D eigenvalue weighted by Gasteiger charge is -2.15. The van der Waals surface area contributed by atoms with Crippen molar-refractivity contribution in [3.8, 4) is 10.4 Å². The number of rotatable bonds is 1. The molecule has 0 spiro atoms. The zero-order valence-electron chi connectivity index (χ0n) is 8.87. The van der Waals surface area contributed by atoms with Crippen molar-refractivity contribution in [2.24, 2.45) is 0 Å². The summed E-state index contributed by atoms with van der Waals surface area (Å²) >= 11 is 1.23. The highest BCUT2D eigenvalue weighted by molar-refractivity contribution is 7.17. The van der Waals surface area contributed by atoms with Crippen LogP contribution < -0.4 is 0 Å². The molecule has 0 saturated heterocycles. The van der Waals surface area contributed by atoms with Crippen molar-refractivity contribution in [1.82, 2.24) is 0 Å². The van der Waals surface area contributed by atoms with Crippen LogP contribution in [-0.4, -0.2) is 11.1 Å². The number of fused-ring (bicyclic) bond motifs is 3. The highest BCUT2D eigenvalue weighted by atomic mass is 32.1. The molecule has 86 valence electrons. The molecule has 0 amide bonds. The quantitative estimate of drug-likeness (QED) is 0.840. The Balaban J connectivity index is 2.21. The molecule has 4 heteroatoms. The number of carboxylic acids is 1. The standard InChI is InChI=1S/C13H9FO2S/c14-9-4-3-7-1-2-8-5-11(13(15)16)17-12(8)10(7)6-9/h3-6H,1-2H2,(H,15,16). The number of halogens is 1. The lowest BCUT2D eigenvalue weighted by molar-refractivity contribution is 0.0702. The van der Waals surface area contributed by atoms with E-state index in [0.29, 0.717) is 4.88 Å². The summed E-state index contributed by atoms with van der Waals surface area (Å²) in [4.78, 5) is 12.2. The third-order valence-corrected chi connectivity index (χ3v) is 4.20. The van der Waals surface area contributed by atoms with Crippen molar-refractivity contribution in [3.63, 3.8) is 0 Å². The van der Waals surface area contributed by atoms with Crippen LogP contribution in [0.3, 0.4) is 0 Å². The van der Waals surface area contributed by atoms with E-state index < -0.39 is 5.97 Å². The summed E-state index contributed by atoms with van der Waals surface area (Å²) in [5.74, 6) is -1.19. The summed E-state index contributed by atoms with van der Waals surface area (Å²) in [7, 11) is 0. The second-order valence-corrected chi connectivity index (χ2v) is 5.12. The van der Waals surface area contributed by atoms with Crippen LogP contribution in [0, 0.1) is 5.82 Å². The Kier molecular flexibility index (Phi) is 2.26. The van der Waals surface area contributed by atoms with Gasteiger partial charge < -0.3 is 5.11 Å². The van der Waals surface area contributed by atoms with Crippen molar-refractivity contribution in [3.05, 3.63) is 46.1 Å². The fourth-order valence-corrected chi connectivity index (χ4v) is 3.30. The molecule has 2 aromatic rings. The first-order chi connectivity index (χ1) is 8.15. The maximum absolute atomic E-state index is 13.2. The molecule has 0 fully saturated rings. The molecule has 1 aromatic heterocycles. The maximum atomic E-state index is 13.2. The molecule has 17 heavy (non-hydrogen) atoms. The Hall–Kier alpha value is -1.68. The third-order valence-electron chi connectivity index (χ3n) is 3.00. The molecule has 0 aliphatic heterocycles. The molecular formula is C13H9FO2S. The van der Waals surface area contributed by atoms with Crippen LogP contribution in [-0.2, 0) is 12.8 Å². The zero-order valence-corrected chi connectivity index (χ0v) is 9.68. The highest BCUT2D eigenvalue weighted by Gasteiger charge is 2.21. The van der Waals surface area contributed by atoms with E-state index in [1.54, 1.807) is 12.1 Å². The van der Waals surface area contributed by atoms with Gasteiger partial charge in [0, 0.05) is 4.88 Å². The van der Waals surface area contributed by atoms with Crippen LogP contribution in [0.5, 0.6) is 0 Å². The fourth-order valence-electron chi connectivity index (χ4n) is 2.20. The van der Waals surface area contributed by atoms with Gasteiger partial charge in [-0.05, 0) is 47.7 Å². The predicted octanol–water partition coefficient (Wildman–Crippen LogP) is 3.35. The van der Waals surface area contributed by atoms with Crippen LogP contribution in [0.25, 0.3) is 10.4 Å². The Morgan fingerprint density at radius 3 is 2.76 bits per heavy atom. The van der Waals surface area contributed by atoms with E-state index in [9.17, 15) is 9.18 Å². The lowest BCUT2D eigenvalue weighted by atomic mass is 9.91. The molecule has 3 rings (SSSR count). The number of carbonyl (C=O) groups is 1. The van der Waals surface area contributed by atoms with E-state index in [-0.39, 0.29) is 5.82 Å². The van der Waals surface area contributed by atoms with Crippen molar-refractivity contribution in [2.45, 2.75) is 12.8 Å². The maximum Gasteiger partial charge on any atom is 0.345 e. The topological polar surface area (TPSA) is 37.3 Å². The third kappa shape index (κ3) is 1.65. The largest absolute Gasteiger partial charge is 0.477 e. The number of hydrogen-bond donors (Lipinski definition) is 1. The van der Waals surface area contributed by atoms with Crippen molar-refractivity contribution in [2.75, 3.05) is 0 Å². The lowest BCUT2D eigenvalue weighted by Crippen LogP contribution is -2.01. The van der Waals surface area contributed by atoms with Crippen molar-refractivity contribution < 1.29 is 14.3 Å². The van der Waals surface area contributed by atoms with Gasteiger partial charge in [-0.3, -0.25) is 0 Å². The monoisotopic (exact) mass is 248 g/mol. The van der Waals surface area contributed by atoms with E-state index in [4.69, 9.17) is 5.11 Å². The van der Waals surface area contributed by atoms with Crippen LogP contribution in [0.15, 0.2) is 24.3 Å². The Labute approximate surface area is 101 Å². The number of hydrogen-bond acceptors (Lipinski definition) is 2. The summed E-state index contributed by atoms with van der Waals surface area (Å²) in [5.41, 5.74) is 2.96. The van der Waals surface area contributed by atoms with Gasteiger partial charge in [-0.1, -0.05) is 6.07 Å². The molecule has 0 saturated carbocycles. The molecule has 1 aromatic carbocycles. The second-order valence-electron chi connectivity index (χ2n) is 4.07.